The van der Waals surface area contributed by atoms with Gasteiger partial charge >= 0.3 is 0 Å². The maximum atomic E-state index is 12.7. The second kappa shape index (κ2) is 8.51. The van der Waals surface area contributed by atoms with Crippen molar-refractivity contribution < 1.29 is 8.42 Å². The van der Waals surface area contributed by atoms with E-state index < -0.39 is 10.0 Å². The lowest BCUT2D eigenvalue weighted by Crippen LogP contribution is -2.41. The zero-order valence-electron chi connectivity index (χ0n) is 14.6. The van der Waals surface area contributed by atoms with E-state index >= 15 is 0 Å². The van der Waals surface area contributed by atoms with Crippen molar-refractivity contribution in [3.8, 4) is 0 Å². The van der Waals surface area contributed by atoms with Crippen molar-refractivity contribution in [2.45, 2.75) is 68.2 Å². The molecule has 3 N–H and O–H groups in total. The Morgan fingerprint density at radius 3 is 2.56 bits per heavy atom. The van der Waals surface area contributed by atoms with Gasteiger partial charge in [0.2, 0.25) is 0 Å². The molecule has 0 spiro atoms. The van der Waals surface area contributed by atoms with Crippen molar-refractivity contribution >= 4 is 27.3 Å². The Kier molecular flexibility index (Phi) is 6.35. The fourth-order valence-electron chi connectivity index (χ4n) is 3.48. The third-order valence-corrected chi connectivity index (χ3v) is 8.34. The second-order valence-electron chi connectivity index (χ2n) is 6.87. The van der Waals surface area contributed by atoms with E-state index in [0.717, 1.165) is 37.0 Å². The van der Waals surface area contributed by atoms with E-state index in [9.17, 15) is 8.42 Å². The molecule has 1 aromatic heterocycles. The Labute approximate surface area is 154 Å². The first-order chi connectivity index (χ1) is 12.1. The largest absolute Gasteiger partial charge is 0.370 e. The predicted octanol–water partition coefficient (Wildman–Crippen LogP) is 2.66. The van der Waals surface area contributed by atoms with Crippen LogP contribution in [0.1, 0.15) is 56.2 Å². The fourth-order valence-corrected chi connectivity index (χ4v) is 6.43. The number of nitrogens with one attached hydrogen (secondary N) is 1. The van der Waals surface area contributed by atoms with E-state index in [1.54, 1.807) is 10.4 Å². The molecule has 1 aromatic rings. The highest BCUT2D eigenvalue weighted by Crippen LogP contribution is 2.27. The number of hydrogen-bond donors (Lipinski definition) is 2. The van der Waals surface area contributed by atoms with Crippen LogP contribution in [-0.4, -0.2) is 37.8 Å². The third-order valence-electron chi connectivity index (χ3n) is 4.91. The van der Waals surface area contributed by atoms with Crippen LogP contribution in [0.3, 0.4) is 0 Å². The Morgan fingerprint density at radius 1 is 1.16 bits per heavy atom. The van der Waals surface area contributed by atoms with Gasteiger partial charge in [-0.2, -0.15) is 4.31 Å². The average molecular weight is 385 g/mol. The maximum Gasteiger partial charge on any atom is 0.252 e. The average Bonchev–Trinajstić information content (AvgIpc) is 3.11. The summed E-state index contributed by atoms with van der Waals surface area (Å²) in [5.74, 6) is 0.459. The van der Waals surface area contributed by atoms with E-state index in [1.165, 1.54) is 30.6 Å². The molecule has 0 bridgehead atoms. The summed E-state index contributed by atoms with van der Waals surface area (Å²) in [5.41, 5.74) is 5.98. The lowest BCUT2D eigenvalue weighted by molar-refractivity contribution is 0.347. The minimum atomic E-state index is -3.35. The topological polar surface area (TPSA) is 87.8 Å². The van der Waals surface area contributed by atoms with Gasteiger partial charge in [0.15, 0.2) is 5.96 Å². The van der Waals surface area contributed by atoms with Gasteiger partial charge in [-0.3, -0.25) is 0 Å². The van der Waals surface area contributed by atoms with Crippen molar-refractivity contribution in [3.63, 3.8) is 0 Å². The summed E-state index contributed by atoms with van der Waals surface area (Å²) in [6.07, 6.45) is 9.10. The van der Waals surface area contributed by atoms with Gasteiger partial charge in [0.25, 0.3) is 10.0 Å². The number of sulfonamides is 1. The van der Waals surface area contributed by atoms with Crippen molar-refractivity contribution in [2.75, 3.05) is 13.1 Å². The zero-order valence-corrected chi connectivity index (χ0v) is 16.2. The Morgan fingerprint density at radius 2 is 1.84 bits per heavy atom. The minimum Gasteiger partial charge on any atom is -0.370 e. The van der Waals surface area contributed by atoms with Crippen LogP contribution in [0.2, 0.25) is 0 Å². The molecule has 2 fully saturated rings. The van der Waals surface area contributed by atoms with Crippen LogP contribution in [0.25, 0.3) is 0 Å². The van der Waals surface area contributed by atoms with Gasteiger partial charge in [0.05, 0.1) is 6.54 Å². The van der Waals surface area contributed by atoms with Gasteiger partial charge in [-0.15, -0.1) is 11.3 Å². The van der Waals surface area contributed by atoms with Gasteiger partial charge in [-0.25, -0.2) is 13.4 Å². The maximum absolute atomic E-state index is 12.7. The summed E-state index contributed by atoms with van der Waals surface area (Å²) >= 11 is 1.30. The molecular weight excluding hydrogens is 356 g/mol. The molecule has 0 atom stereocenters. The predicted molar refractivity (Wildman–Crippen MR) is 102 cm³/mol. The summed E-state index contributed by atoms with van der Waals surface area (Å²) in [4.78, 5) is 5.30. The lowest BCUT2D eigenvalue weighted by atomic mass is 9.96. The number of thiophene rings is 1. The van der Waals surface area contributed by atoms with Gasteiger partial charge in [-0.05, 0) is 37.8 Å². The van der Waals surface area contributed by atoms with E-state index in [-0.39, 0.29) is 0 Å². The summed E-state index contributed by atoms with van der Waals surface area (Å²) in [6.45, 7) is 1.68. The molecule has 3 rings (SSSR count). The highest BCUT2D eigenvalue weighted by molar-refractivity contribution is 7.91. The number of rotatable bonds is 5. The Balaban J connectivity index is 1.58. The van der Waals surface area contributed by atoms with Crippen LogP contribution in [0, 0.1) is 0 Å². The molecule has 0 radical (unpaired) electrons. The lowest BCUT2D eigenvalue weighted by Gasteiger charge is -2.25. The second-order valence-corrected chi connectivity index (χ2v) is 10.2. The van der Waals surface area contributed by atoms with Crippen molar-refractivity contribution in [1.82, 2.24) is 9.62 Å². The standard InChI is InChI=1S/C17H28N4O2S2/c18-17(20-14-7-3-1-4-8-14)19-13-15-9-10-16(24-15)25(22,23)21-11-5-2-6-12-21/h9-10,14H,1-8,11-13H2,(H3,18,19,20). The molecule has 140 valence electrons. The number of piperidine rings is 1. The highest BCUT2D eigenvalue weighted by Gasteiger charge is 2.27. The molecule has 1 saturated carbocycles. The van der Waals surface area contributed by atoms with Crippen LogP contribution in [0.15, 0.2) is 21.3 Å². The smallest absolute Gasteiger partial charge is 0.252 e. The number of aliphatic imine (C=N–C) groups is 1. The first-order valence-corrected chi connectivity index (χ1v) is 11.5. The quantitative estimate of drug-likeness (QED) is 0.603. The van der Waals surface area contributed by atoms with E-state index in [1.807, 2.05) is 6.07 Å². The Hall–Kier alpha value is -1.12. The van der Waals surface area contributed by atoms with Crippen molar-refractivity contribution in [2.24, 2.45) is 10.7 Å². The number of guanidine groups is 1. The molecule has 1 aliphatic heterocycles. The molecule has 2 heterocycles. The van der Waals surface area contributed by atoms with Crippen LogP contribution in [0.5, 0.6) is 0 Å². The minimum absolute atomic E-state index is 0.415. The molecule has 6 nitrogen and oxygen atoms in total. The number of nitrogens with zero attached hydrogens (tertiary/aromatic N) is 2. The van der Waals surface area contributed by atoms with Gasteiger partial charge in [0.1, 0.15) is 4.21 Å². The molecule has 0 amide bonds. The molecule has 1 aliphatic carbocycles. The van der Waals surface area contributed by atoms with Crippen LogP contribution in [0.4, 0.5) is 0 Å². The molecule has 8 heteroatoms. The van der Waals surface area contributed by atoms with Gasteiger partial charge in [-0.1, -0.05) is 25.7 Å². The van der Waals surface area contributed by atoms with Gasteiger partial charge < -0.3 is 11.1 Å². The first-order valence-electron chi connectivity index (χ1n) is 9.21. The third kappa shape index (κ3) is 4.95. The Bertz CT molecular complexity index is 687. The number of nitrogens with two attached hydrogens (primary N) is 1. The van der Waals surface area contributed by atoms with Crippen molar-refractivity contribution in [3.05, 3.63) is 17.0 Å². The zero-order chi connectivity index (χ0) is 17.7. The van der Waals surface area contributed by atoms with E-state index in [2.05, 4.69) is 10.3 Å². The SMILES string of the molecule is NC(=NCc1ccc(S(=O)(=O)N2CCCCC2)s1)NC1CCCCC1. The molecule has 2 aliphatic rings. The highest BCUT2D eigenvalue weighted by atomic mass is 32.2. The summed E-state index contributed by atoms with van der Waals surface area (Å²) in [7, 11) is -3.35. The van der Waals surface area contributed by atoms with Crippen LogP contribution < -0.4 is 11.1 Å². The molecule has 25 heavy (non-hydrogen) atoms. The summed E-state index contributed by atoms with van der Waals surface area (Å²) < 4.78 is 27.4. The van der Waals surface area contributed by atoms with Crippen LogP contribution >= 0.6 is 11.3 Å². The van der Waals surface area contributed by atoms with Crippen molar-refractivity contribution in [1.29, 1.82) is 0 Å². The van der Waals surface area contributed by atoms with E-state index in [4.69, 9.17) is 5.73 Å². The molecule has 0 aromatic carbocycles. The molecular formula is C17H28N4O2S2. The number of hydrogen-bond acceptors (Lipinski definition) is 4. The fraction of sp³-hybridized carbons (Fsp3) is 0.706. The first kappa shape index (κ1) is 18.7. The summed E-state index contributed by atoms with van der Waals surface area (Å²) in [6, 6.07) is 3.97. The van der Waals surface area contributed by atoms with Gasteiger partial charge in [0, 0.05) is 24.0 Å². The molecule has 1 saturated heterocycles. The monoisotopic (exact) mass is 384 g/mol. The van der Waals surface area contributed by atoms with Crippen LogP contribution in [-0.2, 0) is 16.6 Å². The summed E-state index contributed by atoms with van der Waals surface area (Å²) in [5, 5.41) is 3.28. The van der Waals surface area contributed by atoms with E-state index in [0.29, 0.717) is 35.8 Å². The normalized spacial score (nSPS) is 21.4. The molecule has 0 unspecified atom stereocenters.